The minimum absolute atomic E-state index is 0.216. The maximum absolute atomic E-state index is 12.3. The fourth-order valence-corrected chi connectivity index (χ4v) is 3.11. The zero-order valence-electron chi connectivity index (χ0n) is 13.6. The van der Waals surface area contributed by atoms with Crippen LogP contribution in [0, 0.1) is 13.8 Å². The Morgan fingerprint density at radius 1 is 1.19 bits per heavy atom. The van der Waals surface area contributed by atoms with Crippen molar-refractivity contribution in [2.75, 3.05) is 20.1 Å². The first-order valence-electron chi connectivity index (χ1n) is 8.14. The first-order valence-corrected chi connectivity index (χ1v) is 8.14. The fourth-order valence-electron chi connectivity index (χ4n) is 3.11. The van der Waals surface area contributed by atoms with Gasteiger partial charge >= 0.3 is 0 Å². The molecule has 0 aromatic heterocycles. The molecule has 21 heavy (non-hydrogen) atoms. The maximum Gasteiger partial charge on any atom is 0.222 e. The summed E-state index contributed by atoms with van der Waals surface area (Å²) in [4.78, 5) is 14.4. The summed E-state index contributed by atoms with van der Waals surface area (Å²) < 4.78 is 0. The molecular weight excluding hydrogens is 260 g/mol. The number of nitrogens with one attached hydrogen (secondary N) is 1. The Bertz CT molecular complexity index is 484. The van der Waals surface area contributed by atoms with Crippen LogP contribution in [0.4, 0.5) is 0 Å². The summed E-state index contributed by atoms with van der Waals surface area (Å²) in [6.07, 6.45) is 5.34. The Kier molecular flexibility index (Phi) is 5.80. The number of hydrogen-bond acceptors (Lipinski definition) is 2. The molecule has 0 saturated carbocycles. The van der Waals surface area contributed by atoms with Crippen LogP contribution in [0.15, 0.2) is 18.2 Å². The predicted octanol–water partition coefficient (Wildman–Crippen LogP) is 3.36. The first-order chi connectivity index (χ1) is 10.1. The van der Waals surface area contributed by atoms with E-state index in [2.05, 4.69) is 42.3 Å². The van der Waals surface area contributed by atoms with E-state index >= 15 is 0 Å². The molecule has 1 aliphatic heterocycles. The molecule has 1 aromatic carbocycles. The molecule has 1 unspecified atom stereocenters. The number of benzene rings is 1. The van der Waals surface area contributed by atoms with E-state index in [1.807, 2.05) is 7.05 Å². The number of hydrogen-bond donors (Lipinski definition) is 1. The number of carbonyl (C=O) groups excluding carboxylic acids is 1. The minimum atomic E-state index is 0.216. The Hall–Kier alpha value is -1.35. The van der Waals surface area contributed by atoms with Crippen LogP contribution in [-0.4, -0.2) is 30.9 Å². The highest BCUT2D eigenvalue weighted by Gasteiger charge is 2.21. The van der Waals surface area contributed by atoms with Gasteiger partial charge in [-0.05, 0) is 44.9 Å². The Morgan fingerprint density at radius 2 is 1.95 bits per heavy atom. The van der Waals surface area contributed by atoms with Gasteiger partial charge in [-0.25, -0.2) is 0 Å². The number of carbonyl (C=O) groups is 1. The monoisotopic (exact) mass is 288 g/mol. The smallest absolute Gasteiger partial charge is 0.222 e. The molecule has 1 N–H and O–H groups in total. The topological polar surface area (TPSA) is 32.3 Å². The van der Waals surface area contributed by atoms with Crippen molar-refractivity contribution in [2.45, 2.75) is 52.0 Å². The molecule has 3 heteroatoms. The predicted molar refractivity (Wildman–Crippen MR) is 87.4 cm³/mol. The zero-order chi connectivity index (χ0) is 15.2. The van der Waals surface area contributed by atoms with Crippen molar-refractivity contribution in [2.24, 2.45) is 0 Å². The number of nitrogens with zero attached hydrogens (tertiary/aromatic N) is 1. The number of rotatable bonds is 4. The number of likely N-dealkylation sites (N-methyl/N-ethyl adjacent to an activating group) is 1. The molecule has 1 aromatic rings. The molecule has 0 spiro atoms. The van der Waals surface area contributed by atoms with Gasteiger partial charge in [-0.15, -0.1) is 0 Å². The van der Waals surface area contributed by atoms with Gasteiger partial charge in [0.1, 0.15) is 0 Å². The quantitative estimate of drug-likeness (QED) is 0.921. The normalized spacial score (nSPS) is 18.2. The van der Waals surface area contributed by atoms with Crippen molar-refractivity contribution in [3.63, 3.8) is 0 Å². The molecular formula is C18H28N2O. The SMILES string of the molecule is CNC(CN1CCCCCCC1=O)c1cc(C)ccc1C. The van der Waals surface area contributed by atoms with Crippen LogP contribution in [-0.2, 0) is 4.79 Å². The van der Waals surface area contributed by atoms with Crippen molar-refractivity contribution in [3.8, 4) is 0 Å². The summed E-state index contributed by atoms with van der Waals surface area (Å²) in [5, 5.41) is 3.40. The zero-order valence-corrected chi connectivity index (χ0v) is 13.6. The second kappa shape index (κ2) is 7.60. The highest BCUT2D eigenvalue weighted by Crippen LogP contribution is 2.22. The molecule has 1 saturated heterocycles. The van der Waals surface area contributed by atoms with Crippen molar-refractivity contribution in [3.05, 3.63) is 34.9 Å². The average molecular weight is 288 g/mol. The summed E-state index contributed by atoms with van der Waals surface area (Å²) in [5.41, 5.74) is 3.88. The molecule has 0 bridgehead atoms. The van der Waals surface area contributed by atoms with Gasteiger partial charge in [-0.1, -0.05) is 36.6 Å². The number of likely N-dealkylation sites (tertiary alicyclic amines) is 1. The van der Waals surface area contributed by atoms with Crippen LogP contribution in [0.2, 0.25) is 0 Å². The van der Waals surface area contributed by atoms with Gasteiger partial charge in [-0.3, -0.25) is 4.79 Å². The lowest BCUT2D eigenvalue weighted by atomic mass is 9.98. The third-order valence-electron chi connectivity index (χ3n) is 4.48. The Balaban J connectivity index is 2.13. The van der Waals surface area contributed by atoms with Gasteiger partial charge in [0.05, 0.1) is 0 Å². The summed E-state index contributed by atoms with van der Waals surface area (Å²) in [6.45, 7) is 5.95. The largest absolute Gasteiger partial charge is 0.341 e. The second-order valence-corrected chi connectivity index (χ2v) is 6.21. The number of aryl methyl sites for hydroxylation is 2. The summed E-state index contributed by atoms with van der Waals surface area (Å²) >= 11 is 0. The minimum Gasteiger partial charge on any atom is -0.341 e. The van der Waals surface area contributed by atoms with Crippen LogP contribution in [0.1, 0.15) is 54.8 Å². The Morgan fingerprint density at radius 3 is 2.71 bits per heavy atom. The molecule has 0 aliphatic carbocycles. The molecule has 1 aliphatic rings. The highest BCUT2D eigenvalue weighted by atomic mass is 16.2. The van der Waals surface area contributed by atoms with Crippen LogP contribution in [0.5, 0.6) is 0 Å². The lowest BCUT2D eigenvalue weighted by molar-refractivity contribution is -0.132. The van der Waals surface area contributed by atoms with Gasteiger partial charge in [0.2, 0.25) is 5.91 Å². The van der Waals surface area contributed by atoms with E-state index in [4.69, 9.17) is 0 Å². The van der Waals surface area contributed by atoms with Crippen LogP contribution in [0.3, 0.4) is 0 Å². The molecule has 1 atom stereocenters. The maximum atomic E-state index is 12.3. The van der Waals surface area contributed by atoms with Gasteiger partial charge < -0.3 is 10.2 Å². The summed E-state index contributed by atoms with van der Waals surface area (Å²) in [5.74, 6) is 0.320. The molecule has 2 rings (SSSR count). The van der Waals surface area contributed by atoms with E-state index < -0.39 is 0 Å². The van der Waals surface area contributed by atoms with Gasteiger partial charge in [-0.2, -0.15) is 0 Å². The highest BCUT2D eigenvalue weighted by molar-refractivity contribution is 5.76. The van der Waals surface area contributed by atoms with Gasteiger partial charge in [0.25, 0.3) is 0 Å². The Labute approximate surface area is 128 Å². The molecule has 3 nitrogen and oxygen atoms in total. The number of amides is 1. The van der Waals surface area contributed by atoms with Crippen LogP contribution in [0.25, 0.3) is 0 Å². The standard InChI is InChI=1S/C18H28N2O/c1-14-9-10-15(2)16(12-14)17(19-3)13-20-11-7-5-4-6-8-18(20)21/h9-10,12,17,19H,4-8,11,13H2,1-3H3. The van der Waals surface area contributed by atoms with Gasteiger partial charge in [0.15, 0.2) is 0 Å². The van der Waals surface area contributed by atoms with Crippen LogP contribution >= 0.6 is 0 Å². The lowest BCUT2D eigenvalue weighted by Crippen LogP contribution is -2.39. The second-order valence-electron chi connectivity index (χ2n) is 6.21. The fraction of sp³-hybridized carbons (Fsp3) is 0.611. The van der Waals surface area contributed by atoms with Crippen LogP contribution < -0.4 is 5.32 Å². The van der Waals surface area contributed by atoms with Crippen molar-refractivity contribution < 1.29 is 4.79 Å². The summed E-state index contributed by atoms with van der Waals surface area (Å²) in [7, 11) is 1.99. The lowest BCUT2D eigenvalue weighted by Gasteiger charge is -2.30. The van der Waals surface area contributed by atoms with E-state index in [1.54, 1.807) is 0 Å². The first kappa shape index (κ1) is 16.0. The van der Waals surface area contributed by atoms with Crippen molar-refractivity contribution in [1.29, 1.82) is 0 Å². The molecule has 1 heterocycles. The van der Waals surface area contributed by atoms with E-state index in [0.29, 0.717) is 12.3 Å². The van der Waals surface area contributed by atoms with E-state index in [1.165, 1.54) is 29.5 Å². The van der Waals surface area contributed by atoms with Crippen molar-refractivity contribution >= 4 is 5.91 Å². The van der Waals surface area contributed by atoms with E-state index in [0.717, 1.165) is 25.9 Å². The van der Waals surface area contributed by atoms with E-state index in [-0.39, 0.29) is 6.04 Å². The molecule has 1 amide bonds. The summed E-state index contributed by atoms with van der Waals surface area (Å²) in [6, 6.07) is 6.77. The average Bonchev–Trinajstić information content (AvgIpc) is 2.46. The molecule has 116 valence electrons. The third-order valence-corrected chi connectivity index (χ3v) is 4.48. The van der Waals surface area contributed by atoms with Gasteiger partial charge in [0, 0.05) is 25.6 Å². The third kappa shape index (κ3) is 4.31. The molecule has 0 radical (unpaired) electrons. The van der Waals surface area contributed by atoms with E-state index in [9.17, 15) is 4.79 Å². The van der Waals surface area contributed by atoms with Crippen molar-refractivity contribution in [1.82, 2.24) is 10.2 Å². The molecule has 1 fully saturated rings.